The summed E-state index contributed by atoms with van der Waals surface area (Å²) in [7, 11) is 0. The maximum absolute atomic E-state index is 11.3. The molecular formula is C22H21N5O2. The predicted molar refractivity (Wildman–Crippen MR) is 108 cm³/mol. The highest BCUT2D eigenvalue weighted by Crippen LogP contribution is 2.44. The van der Waals surface area contributed by atoms with Crippen molar-refractivity contribution in [3.8, 4) is 0 Å². The van der Waals surface area contributed by atoms with Gasteiger partial charge < -0.3 is 9.95 Å². The van der Waals surface area contributed by atoms with Crippen molar-refractivity contribution in [3.63, 3.8) is 0 Å². The van der Waals surface area contributed by atoms with Gasteiger partial charge in [0, 0.05) is 11.5 Å². The third kappa shape index (κ3) is 2.96. The SMILES string of the molecule is [C-]#[N+]c1ccc(N2N=C3c4ccc(C(=O)O)nc4CCC3C2C2CCCC2)cn1. The molecule has 0 radical (unpaired) electrons. The lowest BCUT2D eigenvalue weighted by Gasteiger charge is -2.33. The number of aromatic nitrogens is 2. The van der Waals surface area contributed by atoms with Crippen molar-refractivity contribution >= 4 is 23.2 Å². The highest BCUT2D eigenvalue weighted by Gasteiger charge is 2.46. The number of hydrogen-bond acceptors (Lipinski definition) is 5. The third-order valence-corrected chi connectivity index (χ3v) is 6.42. The van der Waals surface area contributed by atoms with Gasteiger partial charge >= 0.3 is 5.97 Å². The van der Waals surface area contributed by atoms with Crippen LogP contribution in [0.5, 0.6) is 0 Å². The third-order valence-electron chi connectivity index (χ3n) is 6.42. The zero-order valence-electron chi connectivity index (χ0n) is 16.0. The van der Waals surface area contributed by atoms with Crippen LogP contribution in [0.2, 0.25) is 0 Å². The van der Waals surface area contributed by atoms with Gasteiger partial charge in [-0.05, 0) is 55.9 Å². The Morgan fingerprint density at radius 3 is 2.69 bits per heavy atom. The van der Waals surface area contributed by atoms with Gasteiger partial charge in [0.05, 0.1) is 17.4 Å². The highest BCUT2D eigenvalue weighted by molar-refractivity contribution is 6.07. The maximum Gasteiger partial charge on any atom is 0.354 e. The zero-order chi connectivity index (χ0) is 20.0. The van der Waals surface area contributed by atoms with E-state index >= 15 is 0 Å². The van der Waals surface area contributed by atoms with E-state index in [-0.39, 0.29) is 11.7 Å². The zero-order valence-corrected chi connectivity index (χ0v) is 16.0. The first-order valence-corrected chi connectivity index (χ1v) is 10.1. The number of carbonyl (C=O) groups is 1. The van der Waals surface area contributed by atoms with E-state index < -0.39 is 5.97 Å². The minimum Gasteiger partial charge on any atom is -0.477 e. The molecule has 2 aliphatic carbocycles. The first-order valence-electron chi connectivity index (χ1n) is 10.1. The predicted octanol–water partition coefficient (Wildman–Crippen LogP) is 4.07. The average Bonchev–Trinajstić information content (AvgIpc) is 3.40. The largest absolute Gasteiger partial charge is 0.477 e. The molecule has 29 heavy (non-hydrogen) atoms. The summed E-state index contributed by atoms with van der Waals surface area (Å²) in [6.45, 7) is 7.13. The Balaban J connectivity index is 1.57. The Labute approximate surface area is 168 Å². The molecule has 1 aliphatic heterocycles. The second-order valence-electron chi connectivity index (χ2n) is 7.99. The number of carboxylic acid groups (broad SMARTS) is 1. The van der Waals surface area contributed by atoms with Gasteiger partial charge in [0.2, 0.25) is 0 Å². The molecule has 1 saturated carbocycles. The van der Waals surface area contributed by atoms with E-state index in [1.165, 1.54) is 25.7 Å². The fraction of sp³-hybridized carbons (Fsp3) is 0.409. The lowest BCUT2D eigenvalue weighted by Crippen LogP contribution is -2.40. The Morgan fingerprint density at radius 1 is 1.17 bits per heavy atom. The van der Waals surface area contributed by atoms with Gasteiger partial charge in [0.15, 0.2) is 0 Å². The van der Waals surface area contributed by atoms with E-state index in [1.54, 1.807) is 18.3 Å². The van der Waals surface area contributed by atoms with Crippen molar-refractivity contribution in [2.45, 2.75) is 44.6 Å². The Hall–Kier alpha value is -3.27. The lowest BCUT2D eigenvalue weighted by atomic mass is 9.76. The Bertz CT molecular complexity index is 1030. The lowest BCUT2D eigenvalue weighted by molar-refractivity contribution is 0.0690. The van der Waals surface area contributed by atoms with Gasteiger partial charge in [-0.25, -0.2) is 9.78 Å². The van der Waals surface area contributed by atoms with E-state index in [4.69, 9.17) is 11.7 Å². The van der Waals surface area contributed by atoms with Gasteiger partial charge in [-0.15, -0.1) is 4.98 Å². The first kappa shape index (κ1) is 17.8. The van der Waals surface area contributed by atoms with Crippen LogP contribution in [0.4, 0.5) is 11.5 Å². The number of anilines is 1. The number of hydrazone groups is 1. The average molecular weight is 387 g/mol. The molecule has 2 unspecified atom stereocenters. The second kappa shape index (κ2) is 6.96. The summed E-state index contributed by atoms with van der Waals surface area (Å²) in [4.78, 5) is 23.3. The monoisotopic (exact) mass is 387 g/mol. The van der Waals surface area contributed by atoms with Crippen LogP contribution in [0.25, 0.3) is 4.85 Å². The van der Waals surface area contributed by atoms with E-state index in [0.717, 1.165) is 35.5 Å². The minimum absolute atomic E-state index is 0.0870. The molecule has 7 nitrogen and oxygen atoms in total. The number of pyridine rings is 2. The van der Waals surface area contributed by atoms with E-state index in [9.17, 15) is 9.90 Å². The molecule has 3 heterocycles. The van der Waals surface area contributed by atoms with Crippen LogP contribution in [0.3, 0.4) is 0 Å². The van der Waals surface area contributed by atoms with Crippen molar-refractivity contribution in [3.05, 3.63) is 58.8 Å². The summed E-state index contributed by atoms with van der Waals surface area (Å²) in [6, 6.07) is 7.39. The number of carboxylic acids is 1. The van der Waals surface area contributed by atoms with E-state index in [0.29, 0.717) is 17.7 Å². The van der Waals surface area contributed by atoms with Crippen LogP contribution < -0.4 is 5.01 Å². The fourth-order valence-corrected chi connectivity index (χ4v) is 5.12. The Kier molecular flexibility index (Phi) is 4.27. The van der Waals surface area contributed by atoms with Gasteiger partial charge in [-0.3, -0.25) is 5.01 Å². The molecule has 1 N–H and O–H groups in total. The molecule has 5 rings (SSSR count). The number of nitrogens with zero attached hydrogens (tertiary/aromatic N) is 5. The molecule has 146 valence electrons. The summed E-state index contributed by atoms with van der Waals surface area (Å²) in [5.74, 6) is 0.268. The molecule has 2 aromatic rings. The molecule has 0 spiro atoms. The first-order chi connectivity index (χ1) is 14.2. The summed E-state index contributed by atoms with van der Waals surface area (Å²) < 4.78 is 0. The molecule has 0 saturated heterocycles. The summed E-state index contributed by atoms with van der Waals surface area (Å²) >= 11 is 0. The van der Waals surface area contributed by atoms with Crippen LogP contribution in [-0.4, -0.2) is 32.8 Å². The van der Waals surface area contributed by atoms with Crippen molar-refractivity contribution in [1.29, 1.82) is 0 Å². The number of rotatable bonds is 3. The van der Waals surface area contributed by atoms with Crippen molar-refractivity contribution in [2.75, 3.05) is 5.01 Å². The van der Waals surface area contributed by atoms with Crippen molar-refractivity contribution < 1.29 is 9.90 Å². The van der Waals surface area contributed by atoms with Crippen LogP contribution >= 0.6 is 0 Å². The van der Waals surface area contributed by atoms with Crippen molar-refractivity contribution in [2.24, 2.45) is 16.9 Å². The smallest absolute Gasteiger partial charge is 0.354 e. The van der Waals surface area contributed by atoms with Crippen LogP contribution in [0.1, 0.15) is 53.8 Å². The number of hydrogen-bond donors (Lipinski definition) is 1. The molecule has 2 atom stereocenters. The summed E-state index contributed by atoms with van der Waals surface area (Å²) in [6.07, 6.45) is 8.36. The molecule has 7 heteroatoms. The Morgan fingerprint density at radius 2 is 2.00 bits per heavy atom. The summed E-state index contributed by atoms with van der Waals surface area (Å²) in [5, 5.41) is 16.4. The minimum atomic E-state index is -1.00. The van der Waals surface area contributed by atoms with E-state index in [1.807, 2.05) is 12.1 Å². The molecule has 0 aromatic carbocycles. The van der Waals surface area contributed by atoms with E-state index in [2.05, 4.69) is 19.8 Å². The van der Waals surface area contributed by atoms with Gasteiger partial charge in [0.25, 0.3) is 5.82 Å². The maximum atomic E-state index is 11.3. The molecule has 1 fully saturated rings. The quantitative estimate of drug-likeness (QED) is 0.803. The molecule has 3 aliphatic rings. The molecule has 2 aromatic heterocycles. The topological polar surface area (TPSA) is 83.0 Å². The van der Waals surface area contributed by atoms with Crippen molar-refractivity contribution in [1.82, 2.24) is 9.97 Å². The number of aryl methyl sites for hydroxylation is 1. The van der Waals surface area contributed by atoms with Crippen LogP contribution in [-0.2, 0) is 6.42 Å². The summed E-state index contributed by atoms with van der Waals surface area (Å²) in [5.41, 5.74) is 3.81. The van der Waals surface area contributed by atoms with Gasteiger partial charge in [-0.1, -0.05) is 19.4 Å². The second-order valence-corrected chi connectivity index (χ2v) is 7.99. The normalized spacial score (nSPS) is 23.3. The fourth-order valence-electron chi connectivity index (χ4n) is 5.12. The van der Waals surface area contributed by atoms with Crippen LogP contribution in [0, 0.1) is 18.4 Å². The molecule has 0 amide bonds. The standard InChI is InChI=1S/C22H21N5O2/c1-23-19-11-6-14(12-24-19)27-21(13-4-2-3-5-13)16-8-9-17-15(20(16)26-27)7-10-18(25-17)22(28)29/h6-7,10-13,16,21H,2-5,8-9H2,(H,28,29). The van der Waals surface area contributed by atoms with Gasteiger partial charge in [-0.2, -0.15) is 5.10 Å². The number of aromatic carboxylic acids is 1. The van der Waals surface area contributed by atoms with Gasteiger partial charge in [0.1, 0.15) is 17.6 Å². The molecular weight excluding hydrogens is 366 g/mol. The molecule has 0 bridgehead atoms. The highest BCUT2D eigenvalue weighted by atomic mass is 16.4. The number of fused-ring (bicyclic) bond motifs is 3. The van der Waals surface area contributed by atoms with Crippen LogP contribution in [0.15, 0.2) is 35.6 Å².